The molecule has 4 saturated heterocycles. The van der Waals surface area contributed by atoms with E-state index < -0.39 is 11.5 Å². The largest absolute Gasteiger partial charge is 0.465 e. The highest BCUT2D eigenvalue weighted by molar-refractivity contribution is 5.95. The minimum atomic E-state index is -0.710. The Morgan fingerprint density at radius 2 is 1.76 bits per heavy atom. The summed E-state index contributed by atoms with van der Waals surface area (Å²) in [5.74, 6) is 0.774. The molecule has 1 spiro atoms. The molecule has 1 aromatic carbocycles. The summed E-state index contributed by atoms with van der Waals surface area (Å²) in [7, 11) is 3.48. The SMILES string of the molecule is CCn1c(-c2cc(N3CCN(C4CC4)CC3)cnc2C(C)OC)c(CC(C)(C)COC(C)=O)c2cc(N(CCOC)CCC(C(C=O)NC(=O)C(C(C)C)N3CC4CC4C3c3ccncc3)N3CC4(COC4)C3)ccc21. The first-order chi connectivity index (χ1) is 36.6. The van der Waals surface area contributed by atoms with E-state index in [1.165, 1.54) is 37.3 Å². The molecule has 76 heavy (non-hydrogen) atoms. The van der Waals surface area contributed by atoms with Crippen LogP contribution in [0.1, 0.15) is 103 Å². The average Bonchev–Trinajstić information content (AvgIpc) is 4.38. The third-order valence-corrected chi connectivity index (χ3v) is 17.8. The molecule has 6 aliphatic rings. The fourth-order valence-electron chi connectivity index (χ4n) is 13.5. The summed E-state index contributed by atoms with van der Waals surface area (Å²) in [6.45, 7) is 25.1. The van der Waals surface area contributed by atoms with E-state index in [1.54, 1.807) is 14.2 Å². The molecule has 1 amide bonds. The van der Waals surface area contributed by atoms with Gasteiger partial charge in [0.15, 0.2) is 0 Å². The molecule has 412 valence electrons. The molecule has 16 nitrogen and oxygen atoms in total. The molecule has 6 fully saturated rings. The molecule has 0 radical (unpaired) electrons. The number of carbonyl (C=O) groups excluding carboxylic acids is 3. The summed E-state index contributed by atoms with van der Waals surface area (Å²) >= 11 is 0. The number of fused-ring (bicyclic) bond motifs is 2. The minimum absolute atomic E-state index is 0.0367. The van der Waals surface area contributed by atoms with Gasteiger partial charge in [-0.1, -0.05) is 27.7 Å². The number of amides is 1. The van der Waals surface area contributed by atoms with E-state index in [2.05, 4.69) is 117 Å². The number of aromatic nitrogens is 3. The van der Waals surface area contributed by atoms with Crippen molar-refractivity contribution in [1.82, 2.24) is 34.6 Å². The Bertz CT molecular complexity index is 2670. The maximum atomic E-state index is 14.8. The topological polar surface area (TPSA) is 147 Å². The Morgan fingerprint density at radius 1 is 1.01 bits per heavy atom. The van der Waals surface area contributed by atoms with Crippen LogP contribution in [-0.4, -0.2) is 171 Å². The van der Waals surface area contributed by atoms with Crippen LogP contribution in [0.25, 0.3) is 22.2 Å². The maximum absolute atomic E-state index is 14.8. The molecule has 3 aromatic heterocycles. The molecule has 1 N–H and O–H groups in total. The van der Waals surface area contributed by atoms with Crippen LogP contribution in [0.2, 0.25) is 0 Å². The lowest BCUT2D eigenvalue weighted by Gasteiger charge is -2.58. The van der Waals surface area contributed by atoms with Gasteiger partial charge in [-0.3, -0.25) is 34.3 Å². The van der Waals surface area contributed by atoms with Crippen LogP contribution in [0.4, 0.5) is 11.4 Å². The van der Waals surface area contributed by atoms with Crippen molar-refractivity contribution >= 4 is 40.4 Å². The number of carbonyl (C=O) groups is 3. The van der Waals surface area contributed by atoms with Gasteiger partial charge in [0, 0.05) is 150 Å². The number of aldehydes is 1. The number of methoxy groups -OCH3 is 2. The maximum Gasteiger partial charge on any atom is 0.302 e. The summed E-state index contributed by atoms with van der Waals surface area (Å²) in [5, 5.41) is 4.49. The molecular weight excluding hydrogens is 959 g/mol. The molecule has 2 aliphatic carbocycles. The van der Waals surface area contributed by atoms with Crippen molar-refractivity contribution in [2.75, 3.05) is 109 Å². The van der Waals surface area contributed by atoms with Gasteiger partial charge >= 0.3 is 5.97 Å². The van der Waals surface area contributed by atoms with Gasteiger partial charge in [0.1, 0.15) is 12.3 Å². The fourth-order valence-corrected chi connectivity index (χ4v) is 13.5. The van der Waals surface area contributed by atoms with E-state index >= 15 is 0 Å². The molecule has 2 saturated carbocycles. The minimum Gasteiger partial charge on any atom is -0.465 e. The smallest absolute Gasteiger partial charge is 0.302 e. The first-order valence-electron chi connectivity index (χ1n) is 28.4. The number of esters is 1. The number of nitrogens with one attached hydrogen (secondary N) is 1. The number of benzene rings is 1. The van der Waals surface area contributed by atoms with Crippen molar-refractivity contribution in [2.45, 2.75) is 123 Å². The van der Waals surface area contributed by atoms with Gasteiger partial charge in [0.2, 0.25) is 5.91 Å². The van der Waals surface area contributed by atoms with Crippen LogP contribution >= 0.6 is 0 Å². The predicted molar refractivity (Wildman–Crippen MR) is 296 cm³/mol. The molecule has 4 aromatic rings. The number of piperidine rings is 1. The van der Waals surface area contributed by atoms with Gasteiger partial charge < -0.3 is 43.4 Å². The Balaban J connectivity index is 0.984. The van der Waals surface area contributed by atoms with E-state index in [4.69, 9.17) is 23.9 Å². The highest BCUT2D eigenvalue weighted by Gasteiger charge is 2.56. The van der Waals surface area contributed by atoms with Crippen molar-refractivity contribution in [2.24, 2.45) is 28.6 Å². The van der Waals surface area contributed by atoms with Crippen LogP contribution in [0.15, 0.2) is 55.0 Å². The summed E-state index contributed by atoms with van der Waals surface area (Å²) in [5.41, 5.74) is 8.37. The number of piperazine rings is 1. The van der Waals surface area contributed by atoms with Gasteiger partial charge in [-0.2, -0.15) is 0 Å². The highest BCUT2D eigenvalue weighted by Crippen LogP contribution is 2.57. The molecule has 7 atom stereocenters. The normalized spacial score (nSPS) is 23.2. The van der Waals surface area contributed by atoms with E-state index in [0.29, 0.717) is 44.4 Å². The number of nitrogens with zero attached hydrogens (tertiary/aromatic N) is 8. The molecule has 10 rings (SSSR count). The van der Waals surface area contributed by atoms with E-state index in [9.17, 15) is 14.4 Å². The Morgan fingerprint density at radius 3 is 2.39 bits per heavy atom. The van der Waals surface area contributed by atoms with Crippen molar-refractivity contribution in [1.29, 1.82) is 0 Å². The molecule has 0 bridgehead atoms. The zero-order chi connectivity index (χ0) is 53.5. The van der Waals surface area contributed by atoms with Gasteiger partial charge in [0.05, 0.1) is 61.8 Å². The summed E-state index contributed by atoms with van der Waals surface area (Å²) < 4.78 is 25.7. The fraction of sp³-hybridized carbons (Fsp3) is 0.650. The second kappa shape index (κ2) is 22.8. The predicted octanol–water partition coefficient (Wildman–Crippen LogP) is 7.19. The zero-order valence-electron chi connectivity index (χ0n) is 46.8. The molecule has 4 aliphatic heterocycles. The summed E-state index contributed by atoms with van der Waals surface area (Å²) in [6, 6.07) is 12.9. The summed E-state index contributed by atoms with van der Waals surface area (Å²) in [4.78, 5) is 62.5. The molecule has 7 heterocycles. The van der Waals surface area contributed by atoms with Crippen LogP contribution in [0, 0.1) is 28.6 Å². The van der Waals surface area contributed by atoms with E-state index in [1.807, 2.05) is 18.6 Å². The zero-order valence-corrected chi connectivity index (χ0v) is 46.8. The van der Waals surface area contributed by atoms with Crippen LogP contribution in [-0.2, 0) is 46.3 Å². The average molecular weight is 1040 g/mol. The molecule has 16 heteroatoms. The number of hydrogen-bond acceptors (Lipinski definition) is 14. The number of pyridine rings is 2. The first kappa shape index (κ1) is 54.4. The lowest BCUT2D eigenvalue weighted by Crippen LogP contribution is -2.71. The number of rotatable bonds is 25. The van der Waals surface area contributed by atoms with Crippen molar-refractivity contribution in [3.63, 3.8) is 0 Å². The van der Waals surface area contributed by atoms with Gasteiger partial charge in [-0.25, -0.2) is 0 Å². The summed E-state index contributed by atoms with van der Waals surface area (Å²) in [6.07, 6.45) is 11.5. The second-order valence-electron chi connectivity index (χ2n) is 24.3. The second-order valence-corrected chi connectivity index (χ2v) is 24.3. The van der Waals surface area contributed by atoms with Gasteiger partial charge in [0.25, 0.3) is 0 Å². The van der Waals surface area contributed by atoms with E-state index in [-0.39, 0.29) is 54.0 Å². The Labute approximate surface area is 451 Å². The standard InChI is InChI=1S/C60H85N9O7/c1-10-68-52-14-13-45(28-48(52)50(30-59(6,7)36-76-41(5)71)57(68)49-29-46(31-62-54(49)40(4)74-9)66-23-21-65(22-24-66)44-11-12-44)64(25-26-73-8)20-17-53(67-34-60(35-67)37-75-38-60)51(33-70)63-58(72)55(39(2)3)69-32-43-27-47(43)56(69)42-15-18-61-19-16-42/h13-16,18-19,28-29,31,33,39-40,43-44,47,51,53,55-56H,10-12,17,20-27,30,32,34-38H2,1-9H3,(H,63,72). The van der Waals surface area contributed by atoms with Crippen LogP contribution in [0.3, 0.4) is 0 Å². The number of likely N-dealkylation sites (tertiary alicyclic amines) is 2. The van der Waals surface area contributed by atoms with Gasteiger partial charge in [-0.05, 0) is 111 Å². The van der Waals surface area contributed by atoms with Gasteiger partial charge in [-0.15, -0.1) is 0 Å². The molecular formula is C60H85N9O7. The lowest BCUT2D eigenvalue weighted by atomic mass is 9.76. The van der Waals surface area contributed by atoms with Crippen molar-refractivity contribution in [3.8, 4) is 11.3 Å². The number of aryl methyl sites for hydroxylation is 1. The lowest BCUT2D eigenvalue weighted by molar-refractivity contribution is -0.200. The Kier molecular flexibility index (Phi) is 16.3. The quantitative estimate of drug-likeness (QED) is 0.0528. The highest BCUT2D eigenvalue weighted by atomic mass is 16.5. The third-order valence-electron chi connectivity index (χ3n) is 17.8. The monoisotopic (exact) mass is 1040 g/mol. The Hall–Kier alpha value is -4.97. The van der Waals surface area contributed by atoms with Crippen LogP contribution in [0.5, 0.6) is 0 Å². The molecule has 7 unspecified atom stereocenters. The third kappa shape index (κ3) is 11.3. The van der Waals surface area contributed by atoms with Crippen LogP contribution < -0.4 is 15.1 Å². The van der Waals surface area contributed by atoms with Crippen molar-refractivity contribution in [3.05, 3.63) is 71.8 Å². The number of hydrogen-bond donors (Lipinski definition) is 1. The first-order valence-corrected chi connectivity index (χ1v) is 28.4. The van der Waals surface area contributed by atoms with E-state index in [0.717, 1.165) is 117 Å². The number of ether oxygens (including phenoxy) is 4. The number of anilines is 2. The van der Waals surface area contributed by atoms with Crippen molar-refractivity contribution < 1.29 is 33.3 Å².